The Balaban J connectivity index is 2.14. The van der Waals surface area contributed by atoms with Crippen molar-refractivity contribution < 1.29 is 33.4 Å². The Morgan fingerprint density at radius 3 is 2.37 bits per heavy atom. The number of methoxy groups -OCH3 is 1. The van der Waals surface area contributed by atoms with Crippen LogP contribution in [0.15, 0.2) is 30.3 Å². The van der Waals surface area contributed by atoms with Crippen molar-refractivity contribution in [3.05, 3.63) is 35.9 Å². The van der Waals surface area contributed by atoms with Crippen LogP contribution in [0.2, 0.25) is 0 Å². The van der Waals surface area contributed by atoms with Crippen molar-refractivity contribution in [2.75, 3.05) is 13.7 Å². The van der Waals surface area contributed by atoms with Crippen molar-refractivity contribution in [3.8, 4) is 0 Å². The van der Waals surface area contributed by atoms with E-state index in [0.717, 1.165) is 12.0 Å². The monoisotopic (exact) mass is 491 g/mol. The quantitative estimate of drug-likeness (QED) is 0.402. The lowest BCUT2D eigenvalue weighted by Crippen LogP contribution is -2.58. The third-order valence-electron chi connectivity index (χ3n) is 5.50. The van der Waals surface area contributed by atoms with Gasteiger partial charge in [-0.25, -0.2) is 14.4 Å². The van der Waals surface area contributed by atoms with Crippen LogP contribution < -0.4 is 10.6 Å². The Morgan fingerprint density at radius 2 is 1.77 bits per heavy atom. The van der Waals surface area contributed by atoms with Crippen LogP contribution >= 0.6 is 0 Å². The highest BCUT2D eigenvalue weighted by molar-refractivity contribution is 5.91. The van der Waals surface area contributed by atoms with E-state index >= 15 is 0 Å². The molecule has 0 radical (unpaired) electrons. The normalized spacial score (nSPS) is 18.4. The van der Waals surface area contributed by atoms with E-state index in [1.165, 1.54) is 12.0 Å². The summed E-state index contributed by atoms with van der Waals surface area (Å²) < 4.78 is 15.4. The maximum Gasteiger partial charge on any atom is 0.408 e. The first-order valence-corrected chi connectivity index (χ1v) is 11.9. The molecule has 1 fully saturated rings. The highest BCUT2D eigenvalue weighted by Gasteiger charge is 2.43. The van der Waals surface area contributed by atoms with Gasteiger partial charge in [-0.1, -0.05) is 43.7 Å². The number of ether oxygens (including phenoxy) is 3. The standard InChI is InChI=1S/C25H37N3O7/c1-6-10-18-13-14-20(22(30)33-5)28(18)21(29)19(27-24(32)35-25(2,3)4)15-26-23(31)34-16-17-11-8-7-9-12-17/h7-9,11-12,18-20H,6,10,13-16H2,1-5H3,(H,26,31)(H,27,32)/t18?,19-,20-/m0/s1. The van der Waals surface area contributed by atoms with E-state index in [4.69, 9.17) is 14.2 Å². The number of benzene rings is 1. The van der Waals surface area contributed by atoms with Crippen molar-refractivity contribution >= 4 is 24.1 Å². The number of hydrogen-bond acceptors (Lipinski definition) is 7. The lowest BCUT2D eigenvalue weighted by Gasteiger charge is -2.33. The molecule has 2 N–H and O–H groups in total. The molecule has 1 aliphatic heterocycles. The number of alkyl carbamates (subject to hydrolysis) is 2. The molecule has 1 aromatic rings. The number of esters is 1. The third-order valence-corrected chi connectivity index (χ3v) is 5.50. The molecule has 0 bridgehead atoms. The molecule has 0 aliphatic carbocycles. The fourth-order valence-electron chi connectivity index (χ4n) is 3.99. The molecular formula is C25H37N3O7. The average Bonchev–Trinajstić information content (AvgIpc) is 3.22. The van der Waals surface area contributed by atoms with E-state index < -0.39 is 41.7 Å². The molecular weight excluding hydrogens is 454 g/mol. The summed E-state index contributed by atoms with van der Waals surface area (Å²) in [5.41, 5.74) is 0.0229. The Bertz CT molecular complexity index is 870. The summed E-state index contributed by atoms with van der Waals surface area (Å²) in [4.78, 5) is 52.2. The fourth-order valence-corrected chi connectivity index (χ4v) is 3.99. The average molecular weight is 492 g/mol. The predicted molar refractivity (Wildman–Crippen MR) is 128 cm³/mol. The van der Waals surface area contributed by atoms with Gasteiger partial charge in [0.05, 0.1) is 13.7 Å². The first kappa shape index (κ1) is 27.9. The molecule has 1 saturated heterocycles. The molecule has 194 valence electrons. The number of carbonyl (C=O) groups is 4. The lowest BCUT2D eigenvalue weighted by molar-refractivity contribution is -0.153. The van der Waals surface area contributed by atoms with Crippen LogP contribution in [0.5, 0.6) is 0 Å². The number of carbonyl (C=O) groups excluding carboxylic acids is 4. The van der Waals surface area contributed by atoms with E-state index in [1.807, 2.05) is 37.3 Å². The lowest BCUT2D eigenvalue weighted by atomic mass is 10.1. The van der Waals surface area contributed by atoms with E-state index in [2.05, 4.69) is 10.6 Å². The SMILES string of the molecule is CCCC1CC[C@@H](C(=O)OC)N1C(=O)[C@H](CNC(=O)OCc1ccccc1)NC(=O)OC(C)(C)C. The zero-order valence-corrected chi connectivity index (χ0v) is 21.2. The number of nitrogens with zero attached hydrogens (tertiary/aromatic N) is 1. The molecule has 0 spiro atoms. The maximum atomic E-state index is 13.6. The van der Waals surface area contributed by atoms with Gasteiger partial charge in [-0.05, 0) is 45.6 Å². The number of likely N-dealkylation sites (tertiary alicyclic amines) is 1. The maximum absolute atomic E-state index is 13.6. The van der Waals surface area contributed by atoms with Gasteiger partial charge in [-0.15, -0.1) is 0 Å². The Kier molecular flexibility index (Phi) is 10.4. The Morgan fingerprint density at radius 1 is 1.09 bits per heavy atom. The molecule has 0 aromatic heterocycles. The summed E-state index contributed by atoms with van der Waals surface area (Å²) in [5.74, 6) is -1.01. The van der Waals surface area contributed by atoms with Gasteiger partial charge in [0.25, 0.3) is 0 Å². The largest absolute Gasteiger partial charge is 0.467 e. The van der Waals surface area contributed by atoms with Gasteiger partial charge in [-0.3, -0.25) is 4.79 Å². The van der Waals surface area contributed by atoms with E-state index in [0.29, 0.717) is 19.3 Å². The van der Waals surface area contributed by atoms with Gasteiger partial charge in [0.15, 0.2) is 0 Å². The van der Waals surface area contributed by atoms with Crippen molar-refractivity contribution in [2.24, 2.45) is 0 Å². The summed E-state index contributed by atoms with van der Waals surface area (Å²) in [6.45, 7) is 6.92. The molecule has 10 heteroatoms. The molecule has 10 nitrogen and oxygen atoms in total. The molecule has 1 unspecified atom stereocenters. The first-order chi connectivity index (χ1) is 16.6. The Hall–Kier alpha value is -3.30. The summed E-state index contributed by atoms with van der Waals surface area (Å²) in [5, 5.41) is 5.08. The van der Waals surface area contributed by atoms with Gasteiger partial charge in [0, 0.05) is 6.04 Å². The topological polar surface area (TPSA) is 123 Å². The number of nitrogens with one attached hydrogen (secondary N) is 2. The minimum absolute atomic E-state index is 0.0555. The van der Waals surface area contributed by atoms with Gasteiger partial charge in [-0.2, -0.15) is 0 Å². The number of rotatable bonds is 9. The highest BCUT2D eigenvalue weighted by Crippen LogP contribution is 2.29. The summed E-state index contributed by atoms with van der Waals surface area (Å²) >= 11 is 0. The highest BCUT2D eigenvalue weighted by atomic mass is 16.6. The molecule has 0 saturated carbocycles. The molecule has 35 heavy (non-hydrogen) atoms. The first-order valence-electron chi connectivity index (χ1n) is 11.9. The molecule has 2 rings (SSSR count). The van der Waals surface area contributed by atoms with Crippen LogP contribution in [0, 0.1) is 0 Å². The van der Waals surface area contributed by atoms with Crippen molar-refractivity contribution in [1.82, 2.24) is 15.5 Å². The summed E-state index contributed by atoms with van der Waals surface area (Å²) in [6, 6.07) is 7.05. The molecule has 1 aromatic carbocycles. The van der Waals surface area contributed by atoms with Gasteiger partial charge in [0.1, 0.15) is 24.3 Å². The predicted octanol–water partition coefficient (Wildman–Crippen LogP) is 3.14. The van der Waals surface area contributed by atoms with Crippen LogP contribution in [0.25, 0.3) is 0 Å². The molecule has 1 aliphatic rings. The van der Waals surface area contributed by atoms with Crippen LogP contribution in [0.4, 0.5) is 9.59 Å². The number of amides is 3. The minimum atomic E-state index is -1.17. The molecule has 3 atom stereocenters. The van der Waals surface area contributed by atoms with Gasteiger partial charge >= 0.3 is 18.2 Å². The smallest absolute Gasteiger partial charge is 0.408 e. The van der Waals surface area contributed by atoms with E-state index in [9.17, 15) is 19.2 Å². The second kappa shape index (κ2) is 13.0. The van der Waals surface area contributed by atoms with Crippen molar-refractivity contribution in [2.45, 2.75) is 83.7 Å². The Labute approximate surface area is 206 Å². The van der Waals surface area contributed by atoms with Crippen LogP contribution in [-0.2, 0) is 30.4 Å². The van der Waals surface area contributed by atoms with Crippen molar-refractivity contribution in [1.29, 1.82) is 0 Å². The number of hydrogen-bond donors (Lipinski definition) is 2. The second-order valence-corrected chi connectivity index (χ2v) is 9.45. The molecule has 1 heterocycles. The van der Waals surface area contributed by atoms with Gasteiger partial charge in [0.2, 0.25) is 5.91 Å². The summed E-state index contributed by atoms with van der Waals surface area (Å²) in [6.07, 6.45) is 1.08. The van der Waals surface area contributed by atoms with Crippen molar-refractivity contribution in [3.63, 3.8) is 0 Å². The zero-order chi connectivity index (χ0) is 26.0. The minimum Gasteiger partial charge on any atom is -0.467 e. The second-order valence-electron chi connectivity index (χ2n) is 9.45. The van der Waals surface area contributed by atoms with E-state index in [1.54, 1.807) is 20.8 Å². The van der Waals surface area contributed by atoms with E-state index in [-0.39, 0.29) is 19.2 Å². The van der Waals surface area contributed by atoms with Gasteiger partial charge < -0.3 is 29.7 Å². The summed E-state index contributed by atoms with van der Waals surface area (Å²) in [7, 11) is 1.28. The van der Waals surface area contributed by atoms with Crippen LogP contribution in [-0.4, -0.2) is 66.3 Å². The third kappa shape index (κ3) is 8.77. The van der Waals surface area contributed by atoms with Crippen LogP contribution in [0.1, 0.15) is 58.9 Å². The fraction of sp³-hybridized carbons (Fsp3) is 0.600. The zero-order valence-electron chi connectivity index (χ0n) is 21.2. The van der Waals surface area contributed by atoms with Crippen LogP contribution in [0.3, 0.4) is 0 Å². The molecule has 3 amide bonds.